The highest BCUT2D eigenvalue weighted by atomic mass is 16.7. The third-order valence-electron chi connectivity index (χ3n) is 5.36. The van der Waals surface area contributed by atoms with Crippen LogP contribution in [0.3, 0.4) is 0 Å². The molecule has 4 rings (SSSR count). The molecule has 1 fully saturated rings. The zero-order valence-electron chi connectivity index (χ0n) is 17.0. The fourth-order valence-electron chi connectivity index (χ4n) is 3.89. The van der Waals surface area contributed by atoms with E-state index in [9.17, 15) is 4.79 Å². The van der Waals surface area contributed by atoms with Crippen molar-refractivity contribution in [1.82, 2.24) is 19.9 Å². The van der Waals surface area contributed by atoms with Gasteiger partial charge in [0.15, 0.2) is 17.3 Å². The van der Waals surface area contributed by atoms with Crippen molar-refractivity contribution in [3.8, 4) is 11.5 Å². The lowest BCUT2D eigenvalue weighted by Gasteiger charge is -2.40. The number of carbonyl (C=O) groups is 1. The Hall–Kier alpha value is -3.10. The molecule has 29 heavy (non-hydrogen) atoms. The number of nitrogens with zero attached hydrogens (tertiary/aromatic N) is 5. The second-order valence-electron chi connectivity index (χ2n) is 8.23. The highest BCUT2D eigenvalue weighted by Crippen LogP contribution is 2.38. The van der Waals surface area contributed by atoms with E-state index in [2.05, 4.69) is 27.9 Å². The Bertz CT molecular complexity index is 934. The average Bonchev–Trinajstić information content (AvgIpc) is 3.12. The van der Waals surface area contributed by atoms with E-state index >= 15 is 0 Å². The number of rotatable bonds is 5. The molecule has 0 radical (unpaired) electrons. The maximum Gasteiger partial charge on any atom is 0.231 e. The van der Waals surface area contributed by atoms with Crippen LogP contribution in [0.2, 0.25) is 0 Å². The SMILES string of the molecule is CN(C)c1nc(N)nc(CN2C[C@](C)(Cc3ccc4c(c3)OCO4)CCC2=O)n1. The Morgan fingerprint density at radius 2 is 2.00 bits per heavy atom. The fourth-order valence-corrected chi connectivity index (χ4v) is 3.89. The molecule has 1 saturated heterocycles. The third kappa shape index (κ3) is 4.18. The molecule has 154 valence electrons. The van der Waals surface area contributed by atoms with Crippen molar-refractivity contribution < 1.29 is 14.3 Å². The second-order valence-corrected chi connectivity index (χ2v) is 8.23. The summed E-state index contributed by atoms with van der Waals surface area (Å²) in [6.07, 6.45) is 2.18. The van der Waals surface area contributed by atoms with Gasteiger partial charge in [0.2, 0.25) is 24.6 Å². The minimum Gasteiger partial charge on any atom is -0.454 e. The second kappa shape index (κ2) is 7.38. The molecule has 2 aliphatic rings. The van der Waals surface area contributed by atoms with E-state index in [4.69, 9.17) is 15.2 Å². The number of hydrogen-bond donors (Lipinski definition) is 1. The zero-order valence-corrected chi connectivity index (χ0v) is 17.0. The summed E-state index contributed by atoms with van der Waals surface area (Å²) in [5.41, 5.74) is 6.94. The number of nitrogen functional groups attached to an aromatic ring is 1. The van der Waals surface area contributed by atoms with Gasteiger partial charge >= 0.3 is 0 Å². The zero-order chi connectivity index (χ0) is 20.6. The summed E-state index contributed by atoms with van der Waals surface area (Å²) in [5, 5.41) is 0. The first-order chi connectivity index (χ1) is 13.8. The molecule has 0 unspecified atom stereocenters. The number of amides is 1. The minimum absolute atomic E-state index is 0.0510. The average molecular weight is 398 g/mol. The Morgan fingerprint density at radius 3 is 2.79 bits per heavy atom. The summed E-state index contributed by atoms with van der Waals surface area (Å²) in [6, 6.07) is 6.04. The number of anilines is 2. The molecule has 3 heterocycles. The Kier molecular flexibility index (Phi) is 4.89. The molecule has 1 aromatic heterocycles. The first kappa shape index (κ1) is 19.2. The Balaban J connectivity index is 1.50. The van der Waals surface area contributed by atoms with E-state index in [1.54, 1.807) is 4.90 Å². The van der Waals surface area contributed by atoms with Crippen LogP contribution in [0.1, 0.15) is 31.2 Å². The lowest BCUT2D eigenvalue weighted by molar-refractivity contribution is -0.138. The molecule has 2 aromatic rings. The fraction of sp³-hybridized carbons (Fsp3) is 0.500. The highest BCUT2D eigenvalue weighted by molar-refractivity contribution is 5.77. The lowest BCUT2D eigenvalue weighted by Crippen LogP contribution is -2.46. The number of fused-ring (bicyclic) bond motifs is 1. The first-order valence-corrected chi connectivity index (χ1v) is 9.65. The molecule has 0 saturated carbocycles. The molecule has 0 bridgehead atoms. The van der Waals surface area contributed by atoms with Crippen LogP contribution in [0.15, 0.2) is 18.2 Å². The Morgan fingerprint density at radius 1 is 1.21 bits per heavy atom. The molecule has 2 N–H and O–H groups in total. The van der Waals surface area contributed by atoms with Gasteiger partial charge in [0, 0.05) is 27.1 Å². The van der Waals surface area contributed by atoms with Gasteiger partial charge < -0.3 is 25.0 Å². The maximum absolute atomic E-state index is 12.6. The largest absolute Gasteiger partial charge is 0.454 e. The molecular weight excluding hydrogens is 372 g/mol. The van der Waals surface area contributed by atoms with Crippen LogP contribution >= 0.6 is 0 Å². The van der Waals surface area contributed by atoms with E-state index < -0.39 is 0 Å². The molecule has 1 aromatic carbocycles. The van der Waals surface area contributed by atoms with Crippen LogP contribution in [-0.4, -0.2) is 53.2 Å². The van der Waals surface area contributed by atoms with Crippen molar-refractivity contribution in [2.24, 2.45) is 5.41 Å². The van der Waals surface area contributed by atoms with Crippen LogP contribution in [0, 0.1) is 5.41 Å². The van der Waals surface area contributed by atoms with Crippen molar-refractivity contribution in [2.75, 3.05) is 38.1 Å². The van der Waals surface area contributed by atoms with Gasteiger partial charge in [0.05, 0.1) is 6.54 Å². The Labute approximate surface area is 169 Å². The van der Waals surface area contributed by atoms with Crippen molar-refractivity contribution in [3.05, 3.63) is 29.6 Å². The summed E-state index contributed by atoms with van der Waals surface area (Å²) >= 11 is 0. The van der Waals surface area contributed by atoms with Crippen LogP contribution in [0.4, 0.5) is 11.9 Å². The number of carbonyl (C=O) groups excluding carboxylic acids is 1. The molecular formula is C20H26N6O3. The van der Waals surface area contributed by atoms with Gasteiger partial charge in [-0.05, 0) is 36.0 Å². The van der Waals surface area contributed by atoms with Crippen LogP contribution in [0.5, 0.6) is 11.5 Å². The summed E-state index contributed by atoms with van der Waals surface area (Å²) in [7, 11) is 3.68. The highest BCUT2D eigenvalue weighted by Gasteiger charge is 2.35. The van der Waals surface area contributed by atoms with Crippen LogP contribution < -0.4 is 20.1 Å². The van der Waals surface area contributed by atoms with E-state index in [0.717, 1.165) is 24.3 Å². The monoisotopic (exact) mass is 398 g/mol. The van der Waals surface area contributed by atoms with Crippen LogP contribution in [0.25, 0.3) is 0 Å². The number of piperidine rings is 1. The molecule has 0 aliphatic carbocycles. The van der Waals surface area contributed by atoms with E-state index in [1.807, 2.05) is 31.1 Å². The van der Waals surface area contributed by atoms with Gasteiger partial charge in [-0.3, -0.25) is 4.79 Å². The van der Waals surface area contributed by atoms with Gasteiger partial charge in [-0.15, -0.1) is 0 Å². The molecule has 0 spiro atoms. The van der Waals surface area contributed by atoms with Gasteiger partial charge in [-0.25, -0.2) is 0 Å². The van der Waals surface area contributed by atoms with Crippen LogP contribution in [-0.2, 0) is 17.8 Å². The van der Waals surface area contributed by atoms with Gasteiger partial charge in [0.25, 0.3) is 0 Å². The van der Waals surface area contributed by atoms with Crippen molar-refractivity contribution in [2.45, 2.75) is 32.7 Å². The molecule has 1 atom stereocenters. The van der Waals surface area contributed by atoms with Crippen molar-refractivity contribution in [1.29, 1.82) is 0 Å². The normalized spacial score (nSPS) is 20.8. The van der Waals surface area contributed by atoms with Gasteiger partial charge in [-0.1, -0.05) is 13.0 Å². The third-order valence-corrected chi connectivity index (χ3v) is 5.36. The van der Waals surface area contributed by atoms with Gasteiger partial charge in [0.1, 0.15) is 0 Å². The summed E-state index contributed by atoms with van der Waals surface area (Å²) in [5.74, 6) is 2.82. The van der Waals surface area contributed by atoms with Crippen molar-refractivity contribution >= 4 is 17.8 Å². The lowest BCUT2D eigenvalue weighted by atomic mass is 9.76. The first-order valence-electron chi connectivity index (χ1n) is 9.65. The summed E-state index contributed by atoms with van der Waals surface area (Å²) in [6.45, 7) is 3.43. The van der Waals surface area contributed by atoms with E-state index in [-0.39, 0.29) is 24.1 Å². The number of ether oxygens (including phenoxy) is 2. The predicted octanol–water partition coefficient (Wildman–Crippen LogP) is 1.62. The summed E-state index contributed by atoms with van der Waals surface area (Å²) < 4.78 is 10.9. The predicted molar refractivity (Wildman–Crippen MR) is 108 cm³/mol. The topological polar surface area (TPSA) is 107 Å². The van der Waals surface area contributed by atoms with Crippen molar-refractivity contribution in [3.63, 3.8) is 0 Å². The summed E-state index contributed by atoms with van der Waals surface area (Å²) in [4.78, 5) is 28.9. The minimum atomic E-state index is -0.0510. The van der Waals surface area contributed by atoms with Gasteiger partial charge in [-0.2, -0.15) is 15.0 Å². The standard InChI is InChI=1S/C20H26N6O3/c1-20(9-13-4-5-14-15(8-13)29-12-28-14)7-6-17(27)26(11-20)10-16-22-18(21)24-19(23-16)25(2)3/h4-5,8H,6-7,9-12H2,1-3H3,(H2,21,22,23,24)/t20-/m0/s1. The quantitative estimate of drug-likeness (QED) is 0.810. The number of aromatic nitrogens is 3. The number of nitrogens with two attached hydrogens (primary N) is 1. The maximum atomic E-state index is 12.6. The smallest absolute Gasteiger partial charge is 0.231 e. The molecule has 2 aliphatic heterocycles. The molecule has 1 amide bonds. The number of hydrogen-bond acceptors (Lipinski definition) is 8. The molecule has 9 heteroatoms. The van der Waals surface area contributed by atoms with E-state index in [0.29, 0.717) is 31.3 Å². The number of likely N-dealkylation sites (tertiary alicyclic amines) is 1. The van der Waals surface area contributed by atoms with E-state index in [1.165, 1.54) is 5.56 Å². The molecule has 9 nitrogen and oxygen atoms in total. The number of benzene rings is 1.